The van der Waals surface area contributed by atoms with E-state index in [-0.39, 0.29) is 17.9 Å². The third-order valence-corrected chi connectivity index (χ3v) is 4.82. The van der Waals surface area contributed by atoms with Gasteiger partial charge in [-0.25, -0.2) is 0 Å². The van der Waals surface area contributed by atoms with Crippen molar-refractivity contribution in [2.45, 2.75) is 90.0 Å². The van der Waals surface area contributed by atoms with E-state index in [1.54, 1.807) is 0 Å². The number of hydrogen-bond donors (Lipinski definition) is 2. The van der Waals surface area contributed by atoms with Crippen LogP contribution in [0.3, 0.4) is 0 Å². The molecule has 0 aromatic rings. The van der Waals surface area contributed by atoms with Crippen LogP contribution in [-0.2, 0) is 4.79 Å². The summed E-state index contributed by atoms with van der Waals surface area (Å²) in [6.45, 7) is 1.99. The van der Waals surface area contributed by atoms with Crippen LogP contribution in [0.25, 0.3) is 0 Å². The van der Waals surface area contributed by atoms with Gasteiger partial charge >= 0.3 is 5.97 Å². The highest BCUT2D eigenvalue weighted by molar-refractivity contribution is 5.67. The maximum absolute atomic E-state index is 11.2. The van der Waals surface area contributed by atoms with Gasteiger partial charge in [-0.1, -0.05) is 57.8 Å². The molecular formula is C16H31NO2. The maximum Gasteiger partial charge on any atom is 0.303 e. The Bertz CT molecular complexity index is 251. The van der Waals surface area contributed by atoms with Gasteiger partial charge in [0.25, 0.3) is 0 Å². The van der Waals surface area contributed by atoms with Gasteiger partial charge in [0.2, 0.25) is 0 Å². The van der Waals surface area contributed by atoms with Gasteiger partial charge in [0.15, 0.2) is 0 Å². The molecule has 112 valence electrons. The fourth-order valence-electron chi connectivity index (χ4n) is 3.41. The van der Waals surface area contributed by atoms with Gasteiger partial charge in [-0.2, -0.15) is 0 Å². The van der Waals surface area contributed by atoms with Gasteiger partial charge in [0, 0.05) is 6.04 Å². The number of rotatable bonds is 3. The summed E-state index contributed by atoms with van der Waals surface area (Å²) in [5, 5.41) is 9.21. The van der Waals surface area contributed by atoms with E-state index in [9.17, 15) is 9.90 Å². The topological polar surface area (TPSA) is 63.3 Å². The van der Waals surface area contributed by atoms with Gasteiger partial charge in [-0.05, 0) is 25.2 Å². The quantitative estimate of drug-likeness (QED) is 0.810. The zero-order valence-corrected chi connectivity index (χ0v) is 12.5. The molecule has 19 heavy (non-hydrogen) atoms. The number of carboxylic acid groups (broad SMARTS) is 1. The Hall–Kier alpha value is -0.570. The molecule has 0 saturated heterocycles. The van der Waals surface area contributed by atoms with E-state index in [1.165, 1.54) is 44.9 Å². The fourth-order valence-corrected chi connectivity index (χ4v) is 3.41. The molecule has 0 aromatic heterocycles. The number of carboxylic acids is 1. The van der Waals surface area contributed by atoms with Crippen LogP contribution in [0.1, 0.15) is 84.0 Å². The number of carbonyl (C=O) groups is 1. The lowest BCUT2D eigenvalue weighted by Gasteiger charge is -2.37. The van der Waals surface area contributed by atoms with Crippen LogP contribution in [0.2, 0.25) is 0 Å². The first-order valence-corrected chi connectivity index (χ1v) is 8.04. The van der Waals surface area contributed by atoms with Crippen LogP contribution >= 0.6 is 0 Å². The van der Waals surface area contributed by atoms with E-state index in [4.69, 9.17) is 5.73 Å². The highest BCUT2D eigenvalue weighted by atomic mass is 16.4. The van der Waals surface area contributed by atoms with E-state index >= 15 is 0 Å². The highest BCUT2D eigenvalue weighted by Gasteiger charge is 2.35. The van der Waals surface area contributed by atoms with E-state index in [0.717, 1.165) is 25.7 Å². The minimum absolute atomic E-state index is 0.0217. The summed E-state index contributed by atoms with van der Waals surface area (Å²) >= 11 is 0. The van der Waals surface area contributed by atoms with Crippen molar-refractivity contribution in [2.75, 3.05) is 0 Å². The molecule has 0 heterocycles. The normalized spacial score (nSPS) is 23.9. The first kappa shape index (κ1) is 16.5. The molecule has 1 aliphatic carbocycles. The molecule has 1 atom stereocenters. The van der Waals surface area contributed by atoms with Crippen molar-refractivity contribution in [1.29, 1.82) is 0 Å². The molecule has 1 saturated carbocycles. The Balaban J connectivity index is 2.66. The van der Waals surface area contributed by atoms with Crippen LogP contribution in [0, 0.1) is 5.41 Å². The van der Waals surface area contributed by atoms with Crippen LogP contribution in [0.15, 0.2) is 0 Å². The second-order valence-corrected chi connectivity index (χ2v) is 6.40. The average Bonchev–Trinajstić information content (AvgIpc) is 2.32. The predicted molar refractivity (Wildman–Crippen MR) is 79.1 cm³/mol. The van der Waals surface area contributed by atoms with Crippen molar-refractivity contribution in [3.8, 4) is 0 Å². The fraction of sp³-hybridized carbons (Fsp3) is 0.938. The summed E-state index contributed by atoms with van der Waals surface area (Å²) in [5.41, 5.74) is 5.99. The SMILES string of the molecule is CC(N)C1(CC(=O)O)CCCCCCCCCCC1. The molecule has 0 aliphatic heterocycles. The van der Waals surface area contributed by atoms with Gasteiger partial charge in [0.1, 0.15) is 0 Å². The second-order valence-electron chi connectivity index (χ2n) is 6.40. The smallest absolute Gasteiger partial charge is 0.303 e. The van der Waals surface area contributed by atoms with Crippen molar-refractivity contribution in [2.24, 2.45) is 11.1 Å². The van der Waals surface area contributed by atoms with Gasteiger partial charge in [0.05, 0.1) is 6.42 Å². The maximum atomic E-state index is 11.2. The van der Waals surface area contributed by atoms with E-state index in [0.29, 0.717) is 0 Å². The Morgan fingerprint density at radius 1 is 1.00 bits per heavy atom. The Labute approximate surface area is 118 Å². The molecule has 3 nitrogen and oxygen atoms in total. The van der Waals surface area contributed by atoms with E-state index < -0.39 is 5.97 Å². The first-order chi connectivity index (χ1) is 9.07. The summed E-state index contributed by atoms with van der Waals surface area (Å²) < 4.78 is 0. The van der Waals surface area contributed by atoms with Gasteiger partial charge in [-0.15, -0.1) is 0 Å². The first-order valence-electron chi connectivity index (χ1n) is 8.04. The predicted octanol–water partition coefficient (Wildman–Crippen LogP) is 4.10. The third kappa shape index (κ3) is 5.94. The second kappa shape index (κ2) is 8.57. The van der Waals surface area contributed by atoms with Crippen molar-refractivity contribution in [3.05, 3.63) is 0 Å². The summed E-state index contributed by atoms with van der Waals surface area (Å²) in [7, 11) is 0. The molecule has 0 bridgehead atoms. The lowest BCUT2D eigenvalue weighted by molar-refractivity contribution is -0.140. The molecule has 0 amide bonds. The monoisotopic (exact) mass is 269 g/mol. The zero-order chi connectivity index (χ0) is 14.1. The van der Waals surface area contributed by atoms with Gasteiger partial charge < -0.3 is 10.8 Å². The van der Waals surface area contributed by atoms with E-state index in [1.807, 2.05) is 6.92 Å². The molecule has 1 rings (SSSR count). The average molecular weight is 269 g/mol. The van der Waals surface area contributed by atoms with Gasteiger partial charge in [-0.3, -0.25) is 4.79 Å². The lowest BCUT2D eigenvalue weighted by Crippen LogP contribution is -2.41. The largest absolute Gasteiger partial charge is 0.481 e. The number of aliphatic carboxylic acids is 1. The van der Waals surface area contributed by atoms with Crippen molar-refractivity contribution >= 4 is 5.97 Å². The Kier molecular flexibility index (Phi) is 7.44. The minimum atomic E-state index is -0.690. The molecule has 0 spiro atoms. The summed E-state index contributed by atoms with van der Waals surface area (Å²) in [6.07, 6.45) is 13.6. The summed E-state index contributed by atoms with van der Waals surface area (Å²) in [5.74, 6) is -0.690. The van der Waals surface area contributed by atoms with Crippen LogP contribution in [-0.4, -0.2) is 17.1 Å². The molecule has 0 radical (unpaired) electrons. The molecule has 1 aliphatic rings. The summed E-state index contributed by atoms with van der Waals surface area (Å²) in [6, 6.07) is -0.0217. The standard InChI is InChI=1S/C16H31NO2/c1-14(17)16(13-15(18)19)11-9-7-5-3-2-4-6-8-10-12-16/h14H,2-13,17H2,1H3,(H,18,19). The van der Waals surface area contributed by atoms with Crippen molar-refractivity contribution in [3.63, 3.8) is 0 Å². The van der Waals surface area contributed by atoms with Crippen molar-refractivity contribution in [1.82, 2.24) is 0 Å². The Morgan fingerprint density at radius 3 is 1.68 bits per heavy atom. The lowest BCUT2D eigenvalue weighted by atomic mass is 9.70. The van der Waals surface area contributed by atoms with Crippen LogP contribution in [0.4, 0.5) is 0 Å². The van der Waals surface area contributed by atoms with Crippen LogP contribution in [0.5, 0.6) is 0 Å². The minimum Gasteiger partial charge on any atom is -0.481 e. The Morgan fingerprint density at radius 2 is 1.37 bits per heavy atom. The molecule has 1 unspecified atom stereocenters. The van der Waals surface area contributed by atoms with Crippen molar-refractivity contribution < 1.29 is 9.90 Å². The molecule has 3 N–H and O–H groups in total. The molecular weight excluding hydrogens is 238 g/mol. The summed E-state index contributed by atoms with van der Waals surface area (Å²) in [4.78, 5) is 11.2. The molecule has 3 heteroatoms. The van der Waals surface area contributed by atoms with Crippen LogP contribution < -0.4 is 5.73 Å². The number of hydrogen-bond acceptors (Lipinski definition) is 2. The van der Waals surface area contributed by atoms with E-state index in [2.05, 4.69) is 0 Å². The zero-order valence-electron chi connectivity index (χ0n) is 12.5. The molecule has 1 fully saturated rings. The highest BCUT2D eigenvalue weighted by Crippen LogP contribution is 2.38. The molecule has 0 aromatic carbocycles. The third-order valence-electron chi connectivity index (χ3n) is 4.82. The number of nitrogens with two attached hydrogens (primary N) is 1.